The molecule has 1 aromatic carbocycles. The molecule has 1 aliphatic rings. The number of thiophene rings is 1. The standard InChI is InChI=1S/C19H19N5O4S2/c1-2-24-17(15-8-5-9-29-15)21-23-19(24)30-11-16(25)20-22-18(26)14-10-27-12-6-3-4-7-13(12)28-14/h3-9,14H,2,10-11H2,1H3,(H,20,25)(H,22,26)/t14-/m0/s1. The zero-order valence-electron chi connectivity index (χ0n) is 16.0. The van der Waals surface area contributed by atoms with Crippen LogP contribution in [-0.4, -0.2) is 45.0 Å². The van der Waals surface area contributed by atoms with E-state index in [1.165, 1.54) is 11.8 Å². The molecule has 0 fully saturated rings. The third kappa shape index (κ3) is 4.41. The molecular weight excluding hydrogens is 426 g/mol. The number of aromatic nitrogens is 3. The summed E-state index contributed by atoms with van der Waals surface area (Å²) in [6.07, 6.45) is -0.843. The highest BCUT2D eigenvalue weighted by molar-refractivity contribution is 7.99. The molecule has 3 aromatic rings. The second-order valence-corrected chi connectivity index (χ2v) is 8.11. The maximum Gasteiger partial charge on any atom is 0.283 e. The average molecular weight is 446 g/mol. The first-order valence-electron chi connectivity index (χ1n) is 9.22. The highest BCUT2D eigenvalue weighted by Gasteiger charge is 2.27. The van der Waals surface area contributed by atoms with Crippen LogP contribution in [0.25, 0.3) is 10.7 Å². The number of amides is 2. The van der Waals surface area contributed by atoms with E-state index in [-0.39, 0.29) is 18.3 Å². The van der Waals surface area contributed by atoms with E-state index in [0.717, 1.165) is 10.7 Å². The lowest BCUT2D eigenvalue weighted by atomic mass is 10.2. The Labute approximate surface area is 180 Å². The molecule has 9 nitrogen and oxygen atoms in total. The number of nitrogens with zero attached hydrogens (tertiary/aromatic N) is 3. The number of ether oxygens (including phenoxy) is 2. The van der Waals surface area contributed by atoms with Crippen LogP contribution < -0.4 is 20.3 Å². The number of nitrogens with one attached hydrogen (secondary N) is 2. The van der Waals surface area contributed by atoms with E-state index >= 15 is 0 Å². The first kappa shape index (κ1) is 20.2. The summed E-state index contributed by atoms with van der Waals surface area (Å²) in [7, 11) is 0. The van der Waals surface area contributed by atoms with E-state index in [2.05, 4.69) is 21.0 Å². The molecule has 0 spiro atoms. The first-order valence-corrected chi connectivity index (χ1v) is 11.1. The van der Waals surface area contributed by atoms with Gasteiger partial charge in [0.05, 0.1) is 10.6 Å². The van der Waals surface area contributed by atoms with Crippen molar-refractivity contribution in [2.75, 3.05) is 12.4 Å². The minimum absolute atomic E-state index is 0.0680. The summed E-state index contributed by atoms with van der Waals surface area (Å²) in [6.45, 7) is 2.75. The molecule has 11 heteroatoms. The molecule has 0 aliphatic carbocycles. The van der Waals surface area contributed by atoms with E-state index in [4.69, 9.17) is 9.47 Å². The molecule has 0 radical (unpaired) electrons. The lowest BCUT2D eigenvalue weighted by Gasteiger charge is -2.25. The van der Waals surface area contributed by atoms with Crippen LogP contribution in [0.5, 0.6) is 11.5 Å². The van der Waals surface area contributed by atoms with Gasteiger partial charge in [0, 0.05) is 6.54 Å². The van der Waals surface area contributed by atoms with E-state index in [0.29, 0.717) is 23.2 Å². The van der Waals surface area contributed by atoms with Gasteiger partial charge < -0.3 is 14.0 Å². The number of hydrazine groups is 1. The number of rotatable bonds is 6. The first-order chi connectivity index (χ1) is 14.7. The van der Waals surface area contributed by atoms with Gasteiger partial charge in [-0.3, -0.25) is 20.4 Å². The fourth-order valence-corrected chi connectivity index (χ4v) is 4.31. The molecule has 2 N–H and O–H groups in total. The summed E-state index contributed by atoms with van der Waals surface area (Å²) in [6, 6.07) is 11.0. The summed E-state index contributed by atoms with van der Waals surface area (Å²) in [5.74, 6) is 1.08. The summed E-state index contributed by atoms with van der Waals surface area (Å²) < 4.78 is 13.1. The fraction of sp³-hybridized carbons (Fsp3) is 0.263. The van der Waals surface area contributed by atoms with Gasteiger partial charge in [-0.25, -0.2) is 0 Å². The van der Waals surface area contributed by atoms with Crippen molar-refractivity contribution < 1.29 is 19.1 Å². The van der Waals surface area contributed by atoms with Crippen molar-refractivity contribution in [2.45, 2.75) is 24.7 Å². The van der Waals surface area contributed by atoms with Crippen molar-refractivity contribution in [3.8, 4) is 22.2 Å². The second-order valence-electron chi connectivity index (χ2n) is 6.22. The molecule has 1 atom stereocenters. The van der Waals surface area contributed by atoms with E-state index < -0.39 is 12.0 Å². The van der Waals surface area contributed by atoms with Crippen LogP contribution in [0.2, 0.25) is 0 Å². The number of carbonyl (C=O) groups excluding carboxylic acids is 2. The lowest BCUT2D eigenvalue weighted by Crippen LogP contribution is -2.51. The van der Waals surface area contributed by atoms with Crippen LogP contribution >= 0.6 is 23.1 Å². The monoisotopic (exact) mass is 445 g/mol. The zero-order chi connectivity index (χ0) is 20.9. The van der Waals surface area contributed by atoms with E-state index in [1.54, 1.807) is 29.5 Å². The molecule has 156 valence electrons. The number of hydrogen-bond donors (Lipinski definition) is 2. The van der Waals surface area contributed by atoms with Crippen LogP contribution in [-0.2, 0) is 16.1 Å². The van der Waals surface area contributed by atoms with Crippen molar-refractivity contribution in [1.82, 2.24) is 25.6 Å². The average Bonchev–Trinajstić information content (AvgIpc) is 3.45. The molecular formula is C19H19N5O4S2. The van der Waals surface area contributed by atoms with E-state index in [1.807, 2.05) is 35.1 Å². The Morgan fingerprint density at radius 2 is 2.03 bits per heavy atom. The molecule has 0 saturated heterocycles. The van der Waals surface area contributed by atoms with Crippen molar-refractivity contribution in [3.05, 3.63) is 41.8 Å². The summed E-state index contributed by atoms with van der Waals surface area (Å²) in [4.78, 5) is 25.4. The lowest BCUT2D eigenvalue weighted by molar-refractivity contribution is -0.134. The summed E-state index contributed by atoms with van der Waals surface area (Å²) >= 11 is 2.83. The largest absolute Gasteiger partial charge is 0.485 e. The van der Waals surface area contributed by atoms with Gasteiger partial charge >= 0.3 is 0 Å². The molecule has 30 heavy (non-hydrogen) atoms. The Balaban J connectivity index is 1.27. The number of fused-ring (bicyclic) bond motifs is 1. The van der Waals surface area contributed by atoms with Gasteiger partial charge in [-0.2, -0.15) is 0 Å². The smallest absolute Gasteiger partial charge is 0.283 e. The topological polar surface area (TPSA) is 107 Å². The minimum Gasteiger partial charge on any atom is -0.485 e. The van der Waals surface area contributed by atoms with Gasteiger partial charge in [0.15, 0.2) is 22.5 Å². The van der Waals surface area contributed by atoms with Gasteiger partial charge in [0.25, 0.3) is 5.91 Å². The van der Waals surface area contributed by atoms with Gasteiger partial charge in [-0.05, 0) is 30.5 Å². The van der Waals surface area contributed by atoms with Gasteiger partial charge in [-0.1, -0.05) is 30.0 Å². The third-order valence-electron chi connectivity index (χ3n) is 4.23. The number of thioether (sulfide) groups is 1. The summed E-state index contributed by atoms with van der Waals surface area (Å²) in [5.41, 5.74) is 4.77. The number of hydrogen-bond acceptors (Lipinski definition) is 8. The summed E-state index contributed by atoms with van der Waals surface area (Å²) in [5, 5.41) is 11.0. The van der Waals surface area contributed by atoms with Gasteiger partial charge in [0.2, 0.25) is 12.0 Å². The predicted molar refractivity (Wildman–Crippen MR) is 112 cm³/mol. The van der Waals surface area contributed by atoms with Crippen molar-refractivity contribution in [3.63, 3.8) is 0 Å². The molecule has 3 heterocycles. The Morgan fingerprint density at radius 1 is 1.20 bits per heavy atom. The number of carbonyl (C=O) groups is 2. The maximum absolute atomic E-state index is 12.3. The van der Waals surface area contributed by atoms with Crippen LogP contribution in [0.3, 0.4) is 0 Å². The molecule has 1 aliphatic heterocycles. The molecule has 0 bridgehead atoms. The predicted octanol–water partition coefficient (Wildman–Crippen LogP) is 2.11. The van der Waals surface area contributed by atoms with Gasteiger partial charge in [0.1, 0.15) is 6.61 Å². The normalized spacial score (nSPS) is 14.9. The zero-order valence-corrected chi connectivity index (χ0v) is 17.7. The number of para-hydroxylation sites is 2. The molecule has 4 rings (SSSR count). The Kier molecular flexibility index (Phi) is 6.19. The van der Waals surface area contributed by atoms with Crippen LogP contribution in [0.15, 0.2) is 46.9 Å². The van der Waals surface area contributed by atoms with Crippen LogP contribution in [0, 0.1) is 0 Å². The van der Waals surface area contributed by atoms with Crippen molar-refractivity contribution >= 4 is 34.9 Å². The van der Waals surface area contributed by atoms with Crippen LogP contribution in [0.4, 0.5) is 0 Å². The number of benzene rings is 1. The SMILES string of the molecule is CCn1c(SCC(=O)NNC(=O)[C@@H]2COc3ccccc3O2)nnc1-c1cccs1. The Hall–Kier alpha value is -3.05. The molecule has 0 unspecified atom stereocenters. The van der Waals surface area contributed by atoms with Crippen LogP contribution in [0.1, 0.15) is 6.92 Å². The maximum atomic E-state index is 12.3. The third-order valence-corrected chi connectivity index (χ3v) is 6.07. The molecule has 2 amide bonds. The Morgan fingerprint density at radius 3 is 2.80 bits per heavy atom. The van der Waals surface area contributed by atoms with Gasteiger partial charge in [-0.15, -0.1) is 21.5 Å². The van der Waals surface area contributed by atoms with Crippen molar-refractivity contribution in [2.24, 2.45) is 0 Å². The second kappa shape index (κ2) is 9.18. The highest BCUT2D eigenvalue weighted by Crippen LogP contribution is 2.31. The highest BCUT2D eigenvalue weighted by atomic mass is 32.2. The quantitative estimate of drug-likeness (QED) is 0.442. The van der Waals surface area contributed by atoms with Crippen molar-refractivity contribution in [1.29, 1.82) is 0 Å². The van der Waals surface area contributed by atoms with E-state index in [9.17, 15) is 9.59 Å². The molecule has 0 saturated carbocycles. The molecule has 2 aromatic heterocycles. The minimum atomic E-state index is -0.843. The fourth-order valence-electron chi connectivity index (χ4n) is 2.80. The Bertz CT molecular complexity index is 1040.